The lowest BCUT2D eigenvalue weighted by atomic mass is 10.2. The van der Waals surface area contributed by atoms with E-state index < -0.39 is 0 Å². The highest BCUT2D eigenvalue weighted by atomic mass is 16.1. The minimum absolute atomic E-state index is 0.0947. The SMILES string of the molecule is O=c1ccc(N2CCN(c3ccc4nncn4n3)CC2)nn1Cc1ccccc1. The molecule has 1 aliphatic rings. The molecule has 146 valence electrons. The third-order valence-corrected chi connectivity index (χ3v) is 5.10. The van der Waals surface area contributed by atoms with Crippen molar-refractivity contribution < 1.29 is 0 Å². The molecular formula is C20H20N8O. The van der Waals surface area contributed by atoms with E-state index in [1.165, 1.54) is 4.68 Å². The zero-order chi connectivity index (χ0) is 19.6. The Morgan fingerprint density at radius 3 is 2.24 bits per heavy atom. The largest absolute Gasteiger partial charge is 0.352 e. The number of aromatic nitrogens is 6. The number of benzene rings is 1. The van der Waals surface area contributed by atoms with Crippen LogP contribution in [0.1, 0.15) is 5.56 Å². The van der Waals surface area contributed by atoms with Crippen LogP contribution in [0.25, 0.3) is 5.65 Å². The summed E-state index contributed by atoms with van der Waals surface area (Å²) in [4.78, 5) is 16.7. The first-order valence-corrected chi connectivity index (χ1v) is 9.55. The highest BCUT2D eigenvalue weighted by molar-refractivity contribution is 5.47. The van der Waals surface area contributed by atoms with E-state index in [4.69, 9.17) is 0 Å². The van der Waals surface area contributed by atoms with E-state index in [2.05, 4.69) is 30.2 Å². The van der Waals surface area contributed by atoms with Crippen LogP contribution in [-0.4, -0.2) is 55.8 Å². The highest BCUT2D eigenvalue weighted by Gasteiger charge is 2.20. The number of anilines is 2. The summed E-state index contributed by atoms with van der Waals surface area (Å²) >= 11 is 0. The lowest BCUT2D eigenvalue weighted by Crippen LogP contribution is -2.47. The van der Waals surface area contributed by atoms with Crippen LogP contribution in [0.2, 0.25) is 0 Å². The van der Waals surface area contributed by atoms with E-state index in [9.17, 15) is 4.79 Å². The molecule has 0 unspecified atom stereocenters. The van der Waals surface area contributed by atoms with E-state index in [0.29, 0.717) is 6.54 Å². The summed E-state index contributed by atoms with van der Waals surface area (Å²) in [6.07, 6.45) is 1.61. The third kappa shape index (κ3) is 3.54. The third-order valence-electron chi connectivity index (χ3n) is 5.10. The van der Waals surface area contributed by atoms with Crippen molar-refractivity contribution in [3.8, 4) is 0 Å². The Hall–Kier alpha value is -3.75. The van der Waals surface area contributed by atoms with Gasteiger partial charge in [-0.15, -0.1) is 15.3 Å². The fourth-order valence-electron chi connectivity index (χ4n) is 3.53. The molecule has 5 rings (SSSR count). The van der Waals surface area contributed by atoms with Gasteiger partial charge >= 0.3 is 0 Å². The summed E-state index contributed by atoms with van der Waals surface area (Å²) in [6.45, 7) is 3.72. The van der Waals surface area contributed by atoms with E-state index in [1.54, 1.807) is 23.0 Å². The minimum Gasteiger partial charge on any atom is -0.352 e. The Labute approximate surface area is 166 Å². The van der Waals surface area contributed by atoms with Crippen LogP contribution in [0.15, 0.2) is 65.7 Å². The van der Waals surface area contributed by atoms with Crippen LogP contribution in [0.5, 0.6) is 0 Å². The molecule has 4 heterocycles. The smallest absolute Gasteiger partial charge is 0.267 e. The van der Waals surface area contributed by atoms with Crippen LogP contribution in [0.4, 0.5) is 11.6 Å². The summed E-state index contributed by atoms with van der Waals surface area (Å²) in [6, 6.07) is 17.2. The number of rotatable bonds is 4. The number of fused-ring (bicyclic) bond motifs is 1. The molecule has 9 heteroatoms. The molecule has 1 aliphatic heterocycles. The lowest BCUT2D eigenvalue weighted by molar-refractivity contribution is 0.597. The van der Waals surface area contributed by atoms with Crippen LogP contribution in [0, 0.1) is 0 Å². The van der Waals surface area contributed by atoms with Gasteiger partial charge in [0.2, 0.25) is 0 Å². The number of hydrogen-bond donors (Lipinski definition) is 0. The Balaban J connectivity index is 1.30. The van der Waals surface area contributed by atoms with Gasteiger partial charge in [-0.25, -0.2) is 4.68 Å². The summed E-state index contributed by atoms with van der Waals surface area (Å²) in [5, 5.41) is 17.0. The first kappa shape index (κ1) is 17.4. The zero-order valence-corrected chi connectivity index (χ0v) is 15.8. The maximum atomic E-state index is 12.2. The van der Waals surface area contributed by atoms with Crippen molar-refractivity contribution in [2.45, 2.75) is 6.54 Å². The van der Waals surface area contributed by atoms with E-state index >= 15 is 0 Å². The van der Waals surface area contributed by atoms with Gasteiger partial charge in [-0.1, -0.05) is 30.3 Å². The van der Waals surface area contributed by atoms with Crippen LogP contribution in [-0.2, 0) is 6.54 Å². The fourth-order valence-corrected chi connectivity index (χ4v) is 3.53. The molecule has 1 saturated heterocycles. The van der Waals surface area contributed by atoms with E-state index in [1.807, 2.05) is 42.5 Å². The second kappa shape index (κ2) is 7.34. The molecule has 4 aromatic rings. The van der Waals surface area contributed by atoms with Gasteiger partial charge in [-0.3, -0.25) is 4.79 Å². The zero-order valence-electron chi connectivity index (χ0n) is 15.8. The van der Waals surface area contributed by atoms with Crippen LogP contribution >= 0.6 is 0 Å². The van der Waals surface area contributed by atoms with E-state index in [0.717, 1.165) is 49.0 Å². The van der Waals surface area contributed by atoms with Gasteiger partial charge in [-0.05, 0) is 23.8 Å². The molecule has 0 atom stereocenters. The van der Waals surface area contributed by atoms with Crippen LogP contribution in [0.3, 0.4) is 0 Å². The summed E-state index contributed by atoms with van der Waals surface area (Å²) in [5.74, 6) is 1.72. The summed E-state index contributed by atoms with van der Waals surface area (Å²) in [7, 11) is 0. The molecule has 0 N–H and O–H groups in total. The molecule has 0 bridgehead atoms. The number of piperazine rings is 1. The Kier molecular flexibility index (Phi) is 4.39. The van der Waals surface area contributed by atoms with Crippen molar-refractivity contribution in [2.75, 3.05) is 36.0 Å². The molecule has 9 nitrogen and oxygen atoms in total. The highest BCUT2D eigenvalue weighted by Crippen LogP contribution is 2.17. The molecule has 0 spiro atoms. The first-order valence-electron chi connectivity index (χ1n) is 9.55. The molecule has 0 saturated carbocycles. The fraction of sp³-hybridized carbons (Fsp3) is 0.250. The Morgan fingerprint density at radius 2 is 1.48 bits per heavy atom. The van der Waals surface area contributed by atoms with Gasteiger partial charge in [0.25, 0.3) is 5.56 Å². The van der Waals surface area contributed by atoms with Crippen molar-refractivity contribution >= 4 is 17.3 Å². The van der Waals surface area contributed by atoms with Gasteiger partial charge in [-0.2, -0.15) is 9.61 Å². The monoisotopic (exact) mass is 388 g/mol. The number of hydrogen-bond acceptors (Lipinski definition) is 7. The Morgan fingerprint density at radius 1 is 0.793 bits per heavy atom. The van der Waals surface area contributed by atoms with Crippen molar-refractivity contribution in [3.63, 3.8) is 0 Å². The maximum absolute atomic E-state index is 12.2. The second-order valence-electron chi connectivity index (χ2n) is 6.97. The van der Waals surface area contributed by atoms with Crippen LogP contribution < -0.4 is 15.4 Å². The molecule has 1 aromatic carbocycles. The van der Waals surface area contributed by atoms with Crippen molar-refractivity contribution in [3.05, 3.63) is 76.8 Å². The van der Waals surface area contributed by atoms with Gasteiger partial charge in [0.15, 0.2) is 5.65 Å². The Bertz CT molecular complexity index is 1180. The standard InChI is InChI=1S/C20H20N8O/c29-20-9-8-19(23-27(20)14-16-4-2-1-3-5-16)26-12-10-25(11-13-26)18-7-6-17-22-21-15-28(17)24-18/h1-9,15H,10-14H2. The average Bonchev–Trinajstić information content (AvgIpc) is 3.24. The quantitative estimate of drug-likeness (QED) is 0.517. The molecular weight excluding hydrogens is 368 g/mol. The van der Waals surface area contributed by atoms with Crippen molar-refractivity contribution in [1.82, 2.24) is 29.6 Å². The lowest BCUT2D eigenvalue weighted by Gasteiger charge is -2.35. The molecule has 0 radical (unpaired) electrons. The summed E-state index contributed by atoms with van der Waals surface area (Å²) < 4.78 is 3.21. The average molecular weight is 388 g/mol. The van der Waals surface area contributed by atoms with E-state index in [-0.39, 0.29) is 5.56 Å². The molecule has 0 aliphatic carbocycles. The van der Waals surface area contributed by atoms with Gasteiger partial charge in [0.05, 0.1) is 6.54 Å². The van der Waals surface area contributed by atoms with Crippen molar-refractivity contribution in [2.24, 2.45) is 0 Å². The molecule has 0 amide bonds. The number of nitrogens with zero attached hydrogens (tertiary/aromatic N) is 8. The van der Waals surface area contributed by atoms with Gasteiger partial charge < -0.3 is 9.80 Å². The minimum atomic E-state index is -0.0947. The van der Waals surface area contributed by atoms with Crippen molar-refractivity contribution in [1.29, 1.82) is 0 Å². The maximum Gasteiger partial charge on any atom is 0.267 e. The molecule has 29 heavy (non-hydrogen) atoms. The predicted octanol–water partition coefficient (Wildman–Crippen LogP) is 1.06. The molecule has 1 fully saturated rings. The summed E-state index contributed by atoms with van der Waals surface area (Å²) in [5.41, 5.74) is 1.69. The second-order valence-corrected chi connectivity index (χ2v) is 6.97. The first-order chi connectivity index (χ1) is 14.3. The predicted molar refractivity (Wildman–Crippen MR) is 109 cm³/mol. The van der Waals surface area contributed by atoms with Gasteiger partial charge in [0, 0.05) is 32.2 Å². The molecule has 3 aromatic heterocycles. The topological polar surface area (TPSA) is 84.5 Å². The van der Waals surface area contributed by atoms with Gasteiger partial charge in [0.1, 0.15) is 18.0 Å². The normalized spacial score (nSPS) is 14.5.